The van der Waals surface area contributed by atoms with E-state index < -0.39 is 29.5 Å². The third-order valence-electron chi connectivity index (χ3n) is 5.00. The van der Waals surface area contributed by atoms with E-state index in [1.165, 1.54) is 33.9 Å². The summed E-state index contributed by atoms with van der Waals surface area (Å²) in [7, 11) is 1.51. The van der Waals surface area contributed by atoms with Crippen molar-refractivity contribution >= 4 is 23.8 Å². The average molecular weight is 437 g/mol. The molecule has 0 N–H and O–H groups in total. The van der Waals surface area contributed by atoms with Gasteiger partial charge in [0.25, 0.3) is 5.91 Å². The van der Waals surface area contributed by atoms with Gasteiger partial charge in [-0.05, 0) is 39.0 Å². The highest BCUT2D eigenvalue weighted by Crippen LogP contribution is 2.26. The number of rotatable bonds is 4. The van der Waals surface area contributed by atoms with Gasteiger partial charge < -0.3 is 24.0 Å². The van der Waals surface area contributed by atoms with Crippen molar-refractivity contribution in [2.24, 2.45) is 0 Å². The van der Waals surface area contributed by atoms with Crippen molar-refractivity contribution in [2.75, 3.05) is 51.4 Å². The summed E-state index contributed by atoms with van der Waals surface area (Å²) < 4.78 is 30.3. The maximum atomic E-state index is 14.8. The van der Waals surface area contributed by atoms with Crippen LogP contribution < -0.4 is 4.90 Å². The number of methoxy groups -OCH3 is 1. The summed E-state index contributed by atoms with van der Waals surface area (Å²) in [5.41, 5.74) is -0.391. The molecule has 170 valence electrons. The molecule has 2 saturated heterocycles. The van der Waals surface area contributed by atoms with E-state index in [1.807, 2.05) is 0 Å². The highest BCUT2D eigenvalue weighted by atomic mass is 19.1. The molecule has 1 atom stereocenters. The van der Waals surface area contributed by atoms with Gasteiger partial charge in [0.05, 0.1) is 23.9 Å². The van der Waals surface area contributed by atoms with E-state index in [1.54, 1.807) is 20.8 Å². The van der Waals surface area contributed by atoms with Crippen LogP contribution in [0.4, 0.5) is 19.7 Å². The van der Waals surface area contributed by atoms with Crippen molar-refractivity contribution in [3.8, 4) is 0 Å². The zero-order chi connectivity index (χ0) is 22.8. The van der Waals surface area contributed by atoms with E-state index in [2.05, 4.69) is 0 Å². The highest BCUT2D eigenvalue weighted by molar-refractivity contribution is 5.96. The van der Waals surface area contributed by atoms with Gasteiger partial charge >= 0.3 is 12.2 Å². The summed E-state index contributed by atoms with van der Waals surface area (Å²) in [5, 5.41) is 0. The van der Waals surface area contributed by atoms with Crippen molar-refractivity contribution in [1.82, 2.24) is 9.80 Å². The molecule has 1 unspecified atom stereocenters. The third-order valence-corrected chi connectivity index (χ3v) is 5.00. The van der Waals surface area contributed by atoms with Crippen molar-refractivity contribution in [3.63, 3.8) is 0 Å². The second kappa shape index (κ2) is 9.09. The number of anilines is 1. The Kier molecular flexibility index (Phi) is 6.68. The normalized spacial score (nSPS) is 19.5. The lowest BCUT2D eigenvalue weighted by Gasteiger charge is -2.35. The van der Waals surface area contributed by atoms with Gasteiger partial charge in [-0.15, -0.1) is 0 Å². The molecule has 2 fully saturated rings. The van der Waals surface area contributed by atoms with Gasteiger partial charge in [0, 0.05) is 33.3 Å². The van der Waals surface area contributed by atoms with Crippen molar-refractivity contribution in [1.29, 1.82) is 0 Å². The van der Waals surface area contributed by atoms with Crippen molar-refractivity contribution < 1.29 is 33.0 Å². The number of ether oxygens (including phenoxy) is 3. The molecular formula is C21H28FN3O6. The minimum atomic E-state index is -0.729. The summed E-state index contributed by atoms with van der Waals surface area (Å²) in [5.74, 6) is -1.20. The van der Waals surface area contributed by atoms with Gasteiger partial charge in [0.15, 0.2) is 0 Å². The van der Waals surface area contributed by atoms with E-state index in [-0.39, 0.29) is 37.9 Å². The van der Waals surface area contributed by atoms with Crippen LogP contribution in [-0.4, -0.2) is 86.0 Å². The fourth-order valence-electron chi connectivity index (χ4n) is 3.51. The standard InChI is InChI=1S/C21H28FN3O6/c1-21(2,3)31-19(27)24-9-7-23(8-10-24)18(26)16-6-5-14(11-17(16)22)25-15(12-29-4)13-30-20(25)28/h5-6,11,15H,7-10,12-13H2,1-4H3. The molecule has 9 nitrogen and oxygen atoms in total. The Morgan fingerprint density at radius 2 is 1.81 bits per heavy atom. The van der Waals surface area contributed by atoms with Crippen LogP contribution >= 0.6 is 0 Å². The number of carbonyl (C=O) groups is 3. The van der Waals surface area contributed by atoms with E-state index >= 15 is 0 Å². The van der Waals surface area contributed by atoms with Crippen molar-refractivity contribution in [2.45, 2.75) is 32.4 Å². The lowest BCUT2D eigenvalue weighted by molar-refractivity contribution is 0.0140. The number of hydrogen-bond donors (Lipinski definition) is 0. The minimum absolute atomic E-state index is 0.0923. The van der Waals surface area contributed by atoms with Crippen LogP contribution in [0.3, 0.4) is 0 Å². The molecule has 31 heavy (non-hydrogen) atoms. The lowest BCUT2D eigenvalue weighted by Crippen LogP contribution is -2.51. The molecule has 10 heteroatoms. The Bertz CT molecular complexity index is 848. The first-order chi connectivity index (χ1) is 14.6. The van der Waals surface area contributed by atoms with Gasteiger partial charge in [-0.2, -0.15) is 0 Å². The molecule has 2 heterocycles. The number of halogens is 1. The van der Waals surface area contributed by atoms with E-state index in [0.29, 0.717) is 18.8 Å². The number of piperazine rings is 1. The molecule has 2 aliphatic rings. The molecule has 0 spiro atoms. The van der Waals surface area contributed by atoms with Crippen LogP contribution in [0.2, 0.25) is 0 Å². The number of carbonyl (C=O) groups excluding carboxylic acids is 3. The van der Waals surface area contributed by atoms with E-state index in [0.717, 1.165) is 6.07 Å². The first-order valence-electron chi connectivity index (χ1n) is 10.1. The molecule has 0 radical (unpaired) electrons. The molecular weight excluding hydrogens is 409 g/mol. The SMILES string of the molecule is COCC1COC(=O)N1c1ccc(C(=O)N2CCN(C(=O)OC(C)(C)C)CC2)c(F)c1. The second-order valence-electron chi connectivity index (χ2n) is 8.48. The van der Waals surface area contributed by atoms with Crippen LogP contribution in [-0.2, 0) is 14.2 Å². The van der Waals surface area contributed by atoms with E-state index in [9.17, 15) is 18.8 Å². The molecule has 0 aromatic heterocycles. The minimum Gasteiger partial charge on any atom is -0.447 e. The summed E-state index contributed by atoms with van der Waals surface area (Å²) in [6.45, 7) is 6.91. The van der Waals surface area contributed by atoms with Crippen LogP contribution in [0, 0.1) is 5.82 Å². The van der Waals surface area contributed by atoms with Crippen LogP contribution in [0.15, 0.2) is 18.2 Å². The predicted octanol–water partition coefficient (Wildman–Crippen LogP) is 2.49. The smallest absolute Gasteiger partial charge is 0.414 e. The zero-order valence-corrected chi connectivity index (χ0v) is 18.2. The summed E-state index contributed by atoms with van der Waals surface area (Å²) >= 11 is 0. The lowest BCUT2D eigenvalue weighted by atomic mass is 10.1. The van der Waals surface area contributed by atoms with Gasteiger partial charge in [-0.25, -0.2) is 14.0 Å². The highest BCUT2D eigenvalue weighted by Gasteiger charge is 2.35. The van der Waals surface area contributed by atoms with Crippen molar-refractivity contribution in [3.05, 3.63) is 29.6 Å². The number of cyclic esters (lactones) is 1. The third kappa shape index (κ3) is 5.25. The van der Waals surface area contributed by atoms with Crippen LogP contribution in [0.25, 0.3) is 0 Å². The molecule has 3 amide bonds. The van der Waals surface area contributed by atoms with Gasteiger partial charge in [-0.3, -0.25) is 9.69 Å². The Labute approximate surface area is 180 Å². The molecule has 1 aromatic carbocycles. The molecule has 3 rings (SSSR count). The quantitative estimate of drug-likeness (QED) is 0.719. The second-order valence-corrected chi connectivity index (χ2v) is 8.48. The van der Waals surface area contributed by atoms with Gasteiger partial charge in [0.2, 0.25) is 0 Å². The number of amides is 3. The zero-order valence-electron chi connectivity index (χ0n) is 18.2. The Balaban J connectivity index is 1.65. The fraction of sp³-hybridized carbons (Fsp3) is 0.571. The largest absolute Gasteiger partial charge is 0.447 e. The first kappa shape index (κ1) is 22.8. The predicted molar refractivity (Wildman–Crippen MR) is 110 cm³/mol. The van der Waals surface area contributed by atoms with E-state index in [4.69, 9.17) is 14.2 Å². The Morgan fingerprint density at radius 3 is 2.39 bits per heavy atom. The number of hydrogen-bond acceptors (Lipinski definition) is 6. The van der Waals surface area contributed by atoms with Crippen LogP contribution in [0.5, 0.6) is 0 Å². The number of nitrogens with zero attached hydrogens (tertiary/aromatic N) is 3. The number of benzene rings is 1. The monoisotopic (exact) mass is 437 g/mol. The topological polar surface area (TPSA) is 88.6 Å². The molecule has 0 saturated carbocycles. The first-order valence-corrected chi connectivity index (χ1v) is 10.1. The maximum absolute atomic E-state index is 14.8. The molecule has 1 aromatic rings. The molecule has 2 aliphatic heterocycles. The average Bonchev–Trinajstić information content (AvgIpc) is 3.06. The fourth-order valence-corrected chi connectivity index (χ4v) is 3.51. The van der Waals surface area contributed by atoms with Gasteiger partial charge in [-0.1, -0.05) is 0 Å². The Morgan fingerprint density at radius 1 is 1.16 bits per heavy atom. The Hall–Kier alpha value is -2.88. The maximum Gasteiger partial charge on any atom is 0.414 e. The van der Waals surface area contributed by atoms with Crippen LogP contribution in [0.1, 0.15) is 31.1 Å². The van der Waals surface area contributed by atoms with Gasteiger partial charge in [0.1, 0.15) is 18.0 Å². The summed E-state index contributed by atoms with van der Waals surface area (Å²) in [4.78, 5) is 41.3. The summed E-state index contributed by atoms with van der Waals surface area (Å²) in [6, 6.07) is 3.67. The molecule has 0 bridgehead atoms. The summed E-state index contributed by atoms with van der Waals surface area (Å²) in [6.07, 6.45) is -1.02. The molecule has 0 aliphatic carbocycles.